The molecule has 0 aromatic heterocycles. The van der Waals surface area contributed by atoms with Gasteiger partial charge in [-0.2, -0.15) is 0 Å². The molecule has 0 aliphatic rings. The van der Waals surface area contributed by atoms with Crippen LogP contribution in [0.3, 0.4) is 0 Å². The predicted octanol–water partition coefficient (Wildman–Crippen LogP) is 3.53. The zero-order valence-corrected chi connectivity index (χ0v) is 10.1. The topological polar surface area (TPSA) is 35.2 Å². The first-order valence-electron chi connectivity index (χ1n) is 5.43. The predicted molar refractivity (Wildman–Crippen MR) is 67.5 cm³/mol. The highest BCUT2D eigenvalue weighted by atomic mass is 19.2. The Labute approximate surface area is 104 Å². The molecule has 2 N–H and O–H groups in total. The monoisotopic (exact) mass is 249 g/mol. The van der Waals surface area contributed by atoms with E-state index in [0.717, 1.165) is 0 Å². The third kappa shape index (κ3) is 2.01. The minimum Gasteiger partial charge on any atom is -0.495 e. The van der Waals surface area contributed by atoms with Crippen molar-refractivity contribution in [3.63, 3.8) is 0 Å². The van der Waals surface area contributed by atoms with Gasteiger partial charge in [0.15, 0.2) is 11.6 Å². The van der Waals surface area contributed by atoms with Crippen molar-refractivity contribution in [1.29, 1.82) is 0 Å². The lowest BCUT2D eigenvalue weighted by Gasteiger charge is -2.09. The van der Waals surface area contributed by atoms with Crippen LogP contribution >= 0.6 is 0 Å². The Morgan fingerprint density at radius 1 is 1.06 bits per heavy atom. The van der Waals surface area contributed by atoms with Crippen molar-refractivity contribution in [1.82, 2.24) is 0 Å². The van der Waals surface area contributed by atoms with Crippen LogP contribution in [0.1, 0.15) is 5.56 Å². The summed E-state index contributed by atoms with van der Waals surface area (Å²) in [4.78, 5) is 0. The molecule has 2 rings (SSSR count). The fourth-order valence-electron chi connectivity index (χ4n) is 1.77. The summed E-state index contributed by atoms with van der Waals surface area (Å²) >= 11 is 0. The summed E-state index contributed by atoms with van der Waals surface area (Å²) in [7, 11) is 1.50. The second-order valence-corrected chi connectivity index (χ2v) is 4.01. The van der Waals surface area contributed by atoms with Gasteiger partial charge in [0.1, 0.15) is 5.75 Å². The van der Waals surface area contributed by atoms with Gasteiger partial charge in [-0.15, -0.1) is 0 Å². The highest BCUT2D eigenvalue weighted by Gasteiger charge is 2.13. The lowest BCUT2D eigenvalue weighted by molar-refractivity contribution is 0.417. The maximum Gasteiger partial charge on any atom is 0.166 e. The van der Waals surface area contributed by atoms with E-state index in [-0.39, 0.29) is 11.1 Å². The number of hydrogen-bond acceptors (Lipinski definition) is 2. The fourth-order valence-corrected chi connectivity index (χ4v) is 1.77. The summed E-state index contributed by atoms with van der Waals surface area (Å²) in [6, 6.07) is 7.90. The molecule has 2 aromatic carbocycles. The second kappa shape index (κ2) is 4.64. The molecule has 0 spiro atoms. The van der Waals surface area contributed by atoms with Gasteiger partial charge in [0, 0.05) is 5.56 Å². The molecule has 0 radical (unpaired) electrons. The van der Waals surface area contributed by atoms with Crippen molar-refractivity contribution >= 4 is 5.69 Å². The molecular weight excluding hydrogens is 236 g/mol. The van der Waals surface area contributed by atoms with Crippen molar-refractivity contribution in [2.24, 2.45) is 0 Å². The molecule has 0 fully saturated rings. The Balaban J connectivity index is 2.56. The summed E-state index contributed by atoms with van der Waals surface area (Å²) in [6.45, 7) is 1.52. The number of nitrogens with two attached hydrogens (primary N) is 1. The molecule has 4 heteroatoms. The molecule has 0 saturated carbocycles. The Morgan fingerprint density at radius 2 is 1.78 bits per heavy atom. The molecule has 0 aliphatic heterocycles. The average Bonchev–Trinajstić information content (AvgIpc) is 2.36. The van der Waals surface area contributed by atoms with Gasteiger partial charge in [-0.25, -0.2) is 8.78 Å². The largest absolute Gasteiger partial charge is 0.495 e. The van der Waals surface area contributed by atoms with Crippen LogP contribution in [0, 0.1) is 18.6 Å². The van der Waals surface area contributed by atoms with E-state index >= 15 is 0 Å². The second-order valence-electron chi connectivity index (χ2n) is 4.01. The van der Waals surface area contributed by atoms with Gasteiger partial charge in [-0.05, 0) is 30.2 Å². The summed E-state index contributed by atoms with van der Waals surface area (Å²) in [5, 5.41) is 0. The number of halogens is 2. The molecular formula is C14H13F2NO. The number of aryl methyl sites for hydroxylation is 1. The Kier molecular flexibility index (Phi) is 3.19. The van der Waals surface area contributed by atoms with Crippen LogP contribution in [0.15, 0.2) is 30.3 Å². The fraction of sp³-hybridized carbons (Fsp3) is 0.143. The molecule has 0 amide bonds. The minimum atomic E-state index is -0.862. The quantitative estimate of drug-likeness (QED) is 0.826. The van der Waals surface area contributed by atoms with Crippen LogP contribution < -0.4 is 10.5 Å². The van der Waals surface area contributed by atoms with E-state index in [1.54, 1.807) is 18.2 Å². The standard InChI is InChI=1S/C14H13F2NO/c1-8-3-5-10(14(16)13(8)15)9-4-6-12(18-2)11(17)7-9/h3-7H,17H2,1-2H3. The van der Waals surface area contributed by atoms with Gasteiger partial charge in [-0.3, -0.25) is 0 Å². The molecule has 0 saturated heterocycles. The molecule has 0 aliphatic carbocycles. The third-order valence-corrected chi connectivity index (χ3v) is 2.82. The molecule has 0 atom stereocenters. The number of nitrogen functional groups attached to an aromatic ring is 1. The van der Waals surface area contributed by atoms with Crippen molar-refractivity contribution < 1.29 is 13.5 Å². The van der Waals surface area contributed by atoms with Gasteiger partial charge >= 0.3 is 0 Å². The SMILES string of the molecule is COc1ccc(-c2ccc(C)c(F)c2F)cc1N. The van der Waals surface area contributed by atoms with Crippen molar-refractivity contribution in [2.75, 3.05) is 12.8 Å². The van der Waals surface area contributed by atoms with Crippen LogP contribution in [-0.2, 0) is 0 Å². The van der Waals surface area contributed by atoms with Crippen LogP contribution in [0.5, 0.6) is 5.75 Å². The maximum atomic E-state index is 13.8. The van der Waals surface area contributed by atoms with E-state index in [4.69, 9.17) is 10.5 Å². The van der Waals surface area contributed by atoms with Crippen molar-refractivity contribution in [3.05, 3.63) is 47.5 Å². The Hall–Kier alpha value is -2.10. The van der Waals surface area contributed by atoms with Crippen LogP contribution in [0.25, 0.3) is 11.1 Å². The van der Waals surface area contributed by atoms with Gasteiger partial charge in [0.25, 0.3) is 0 Å². The average molecular weight is 249 g/mol. The number of benzene rings is 2. The number of anilines is 1. The van der Waals surface area contributed by atoms with Crippen molar-refractivity contribution in [3.8, 4) is 16.9 Å². The van der Waals surface area contributed by atoms with E-state index in [0.29, 0.717) is 17.0 Å². The van der Waals surface area contributed by atoms with E-state index in [9.17, 15) is 8.78 Å². The zero-order valence-electron chi connectivity index (χ0n) is 10.1. The maximum absolute atomic E-state index is 13.8. The first kappa shape index (κ1) is 12.4. The normalized spacial score (nSPS) is 10.4. The number of hydrogen-bond donors (Lipinski definition) is 1. The Morgan fingerprint density at radius 3 is 2.39 bits per heavy atom. The highest BCUT2D eigenvalue weighted by molar-refractivity contribution is 5.71. The number of ether oxygens (including phenoxy) is 1. The highest BCUT2D eigenvalue weighted by Crippen LogP contribution is 2.31. The molecule has 0 heterocycles. The summed E-state index contributed by atoms with van der Waals surface area (Å²) in [5.74, 6) is -1.19. The molecule has 2 aromatic rings. The summed E-state index contributed by atoms with van der Waals surface area (Å²) < 4.78 is 32.3. The zero-order chi connectivity index (χ0) is 13.3. The number of rotatable bonds is 2. The molecule has 18 heavy (non-hydrogen) atoms. The van der Waals surface area contributed by atoms with E-state index in [1.807, 2.05) is 0 Å². The van der Waals surface area contributed by atoms with Crippen molar-refractivity contribution in [2.45, 2.75) is 6.92 Å². The van der Waals surface area contributed by atoms with Gasteiger partial charge in [0.05, 0.1) is 12.8 Å². The number of methoxy groups -OCH3 is 1. The first-order valence-corrected chi connectivity index (χ1v) is 5.43. The minimum absolute atomic E-state index is 0.187. The smallest absolute Gasteiger partial charge is 0.166 e. The van der Waals surface area contributed by atoms with Crippen LogP contribution in [-0.4, -0.2) is 7.11 Å². The lowest BCUT2D eigenvalue weighted by Crippen LogP contribution is -1.96. The van der Waals surface area contributed by atoms with Gasteiger partial charge in [0.2, 0.25) is 0 Å². The summed E-state index contributed by atoms with van der Waals surface area (Å²) in [6.07, 6.45) is 0. The van der Waals surface area contributed by atoms with Crippen LogP contribution in [0.4, 0.5) is 14.5 Å². The van der Waals surface area contributed by atoms with Gasteiger partial charge in [-0.1, -0.05) is 18.2 Å². The lowest BCUT2D eigenvalue weighted by atomic mass is 10.0. The molecule has 0 bridgehead atoms. The first-order chi connectivity index (χ1) is 8.54. The Bertz CT molecular complexity index is 597. The third-order valence-electron chi connectivity index (χ3n) is 2.82. The molecule has 94 valence electrons. The van der Waals surface area contributed by atoms with Gasteiger partial charge < -0.3 is 10.5 Å². The van der Waals surface area contributed by atoms with E-state index < -0.39 is 11.6 Å². The van der Waals surface area contributed by atoms with Crippen LogP contribution in [0.2, 0.25) is 0 Å². The molecule has 2 nitrogen and oxygen atoms in total. The summed E-state index contributed by atoms with van der Waals surface area (Å²) in [5.41, 5.74) is 7.11. The molecule has 0 unspecified atom stereocenters. The van der Waals surface area contributed by atoms with E-state index in [2.05, 4.69) is 0 Å². The van der Waals surface area contributed by atoms with E-state index in [1.165, 1.54) is 26.2 Å².